The van der Waals surface area contributed by atoms with E-state index in [2.05, 4.69) is 39.8 Å². The van der Waals surface area contributed by atoms with Crippen molar-refractivity contribution in [1.29, 1.82) is 0 Å². The van der Waals surface area contributed by atoms with Gasteiger partial charge in [-0.25, -0.2) is 0 Å². The SMILES string of the molecule is C[C@H](N=[P+]([S-])C(C)(C)C)c1ccccc1. The Bertz CT molecular complexity index is 340. The summed E-state index contributed by atoms with van der Waals surface area (Å²) in [6.07, 6.45) is 0. The van der Waals surface area contributed by atoms with Crippen molar-refractivity contribution < 1.29 is 0 Å². The molecule has 0 radical (unpaired) electrons. The van der Waals surface area contributed by atoms with Crippen LogP contribution in [0.2, 0.25) is 0 Å². The maximum Gasteiger partial charge on any atom is 0.117 e. The molecular formula is C12H18NPS. The van der Waals surface area contributed by atoms with Crippen LogP contribution < -0.4 is 0 Å². The second-order valence-electron chi connectivity index (χ2n) is 4.65. The number of hydrogen-bond acceptors (Lipinski definition) is 2. The van der Waals surface area contributed by atoms with E-state index in [1.807, 2.05) is 18.2 Å². The minimum Gasteiger partial charge on any atom is -0.468 e. The first-order valence-electron chi connectivity index (χ1n) is 5.14. The summed E-state index contributed by atoms with van der Waals surface area (Å²) in [5, 5.41) is 0.133. The minimum atomic E-state index is -0.676. The van der Waals surface area contributed by atoms with Crippen LogP contribution in [0.5, 0.6) is 0 Å². The third-order valence-corrected chi connectivity index (χ3v) is 5.76. The van der Waals surface area contributed by atoms with Crippen molar-refractivity contribution in [1.82, 2.24) is 0 Å². The molecule has 0 aliphatic rings. The van der Waals surface area contributed by atoms with E-state index in [0.717, 1.165) is 0 Å². The highest BCUT2D eigenvalue weighted by Crippen LogP contribution is 2.42. The highest BCUT2D eigenvalue weighted by molar-refractivity contribution is 8.29. The first-order valence-corrected chi connectivity index (χ1v) is 7.45. The summed E-state index contributed by atoms with van der Waals surface area (Å²) in [6, 6.07) is 10.5. The summed E-state index contributed by atoms with van der Waals surface area (Å²) in [6.45, 7) is 7.92. The fourth-order valence-electron chi connectivity index (χ4n) is 1.13. The maximum absolute atomic E-state index is 5.45. The second-order valence-corrected chi connectivity index (χ2v) is 7.80. The van der Waals surface area contributed by atoms with Crippen LogP contribution in [0, 0.1) is 0 Å². The van der Waals surface area contributed by atoms with Crippen LogP contribution in [0.15, 0.2) is 35.1 Å². The molecule has 1 rings (SSSR count). The van der Waals surface area contributed by atoms with Crippen LogP contribution in [0.25, 0.3) is 0 Å². The molecule has 1 unspecified atom stereocenters. The molecular weight excluding hydrogens is 221 g/mol. The number of benzene rings is 1. The number of rotatable bonds is 2. The topological polar surface area (TPSA) is 12.4 Å². The Hall–Kier alpha value is -0.330. The zero-order valence-electron chi connectivity index (χ0n) is 9.77. The van der Waals surface area contributed by atoms with E-state index in [1.165, 1.54) is 5.56 Å². The van der Waals surface area contributed by atoms with Crippen molar-refractivity contribution in [3.05, 3.63) is 35.9 Å². The predicted octanol–water partition coefficient (Wildman–Crippen LogP) is 4.67. The summed E-state index contributed by atoms with van der Waals surface area (Å²) in [5.74, 6) is 0. The molecule has 0 aliphatic heterocycles. The molecule has 0 bridgehead atoms. The highest BCUT2D eigenvalue weighted by atomic mass is 32.7. The molecule has 0 heterocycles. The molecule has 1 nitrogen and oxygen atoms in total. The van der Waals surface area contributed by atoms with Gasteiger partial charge in [-0.2, -0.15) is 0 Å². The molecule has 0 saturated heterocycles. The predicted molar refractivity (Wildman–Crippen MR) is 71.3 cm³/mol. The molecule has 82 valence electrons. The first kappa shape index (κ1) is 12.7. The van der Waals surface area contributed by atoms with Gasteiger partial charge in [0.25, 0.3) is 0 Å². The summed E-state index contributed by atoms with van der Waals surface area (Å²) in [4.78, 5) is 0. The summed E-state index contributed by atoms with van der Waals surface area (Å²) in [7, 11) is 0. The lowest BCUT2D eigenvalue weighted by Gasteiger charge is -2.15. The molecule has 15 heavy (non-hydrogen) atoms. The van der Waals surface area contributed by atoms with E-state index < -0.39 is 6.92 Å². The second kappa shape index (κ2) is 5.14. The van der Waals surface area contributed by atoms with Crippen LogP contribution in [0.4, 0.5) is 0 Å². The maximum atomic E-state index is 5.45. The molecule has 0 amide bonds. The third-order valence-electron chi connectivity index (χ3n) is 2.13. The molecule has 0 spiro atoms. The number of nitrogens with zero attached hydrogens (tertiary/aromatic N) is 1. The van der Waals surface area contributed by atoms with E-state index in [-0.39, 0.29) is 11.2 Å². The van der Waals surface area contributed by atoms with Gasteiger partial charge in [0.05, 0.1) is 6.92 Å². The first-order chi connectivity index (χ1) is 6.91. The highest BCUT2D eigenvalue weighted by Gasteiger charge is 2.21. The Morgan fingerprint density at radius 1 is 1.20 bits per heavy atom. The Morgan fingerprint density at radius 2 is 1.73 bits per heavy atom. The summed E-state index contributed by atoms with van der Waals surface area (Å²) >= 11 is 5.45. The van der Waals surface area contributed by atoms with Crippen LogP contribution >= 0.6 is 6.92 Å². The lowest BCUT2D eigenvalue weighted by molar-refractivity contribution is 0.776. The lowest BCUT2D eigenvalue weighted by Crippen LogP contribution is -2.06. The number of hydrogen-bond donors (Lipinski definition) is 0. The van der Waals surface area contributed by atoms with E-state index >= 15 is 0 Å². The molecule has 0 saturated carbocycles. The van der Waals surface area contributed by atoms with Gasteiger partial charge in [0.15, 0.2) is 0 Å². The van der Waals surface area contributed by atoms with Crippen LogP contribution in [-0.4, -0.2) is 5.16 Å². The molecule has 0 fully saturated rings. The van der Waals surface area contributed by atoms with E-state index in [1.54, 1.807) is 0 Å². The van der Waals surface area contributed by atoms with Crippen molar-refractivity contribution in [3.63, 3.8) is 0 Å². The third kappa shape index (κ3) is 3.96. The zero-order valence-corrected chi connectivity index (χ0v) is 11.5. The van der Waals surface area contributed by atoms with Crippen LogP contribution in [0.1, 0.15) is 39.3 Å². The molecule has 2 atom stereocenters. The van der Waals surface area contributed by atoms with Gasteiger partial charge in [0, 0.05) is 0 Å². The normalized spacial score (nSPS) is 15.1. The quantitative estimate of drug-likeness (QED) is 0.539. The average molecular weight is 239 g/mol. The smallest absolute Gasteiger partial charge is 0.117 e. The van der Waals surface area contributed by atoms with E-state index in [9.17, 15) is 0 Å². The van der Waals surface area contributed by atoms with Crippen molar-refractivity contribution in [2.45, 2.75) is 38.9 Å². The summed E-state index contributed by atoms with van der Waals surface area (Å²) in [5.41, 5.74) is 1.25. The standard InChI is InChI=1S/C12H18NPS/c1-10(11-8-6-5-7-9-11)13-14(15)12(2,3)4/h5-10H,1-4H3/t10-/m0/s1. The van der Waals surface area contributed by atoms with Gasteiger partial charge < -0.3 is 12.2 Å². The average Bonchev–Trinajstić information content (AvgIpc) is 2.17. The molecule has 0 N–H and O–H groups in total. The minimum absolute atomic E-state index is 0.133. The Kier molecular flexibility index (Phi) is 4.36. The van der Waals surface area contributed by atoms with Crippen LogP contribution in [0.3, 0.4) is 0 Å². The van der Waals surface area contributed by atoms with Gasteiger partial charge in [0.2, 0.25) is 0 Å². The van der Waals surface area contributed by atoms with Crippen molar-refractivity contribution in [2.24, 2.45) is 4.74 Å². The molecule has 1 aromatic rings. The Morgan fingerprint density at radius 3 is 2.20 bits per heavy atom. The molecule has 1 aromatic carbocycles. The van der Waals surface area contributed by atoms with E-state index in [0.29, 0.717) is 0 Å². The van der Waals surface area contributed by atoms with Gasteiger partial charge in [-0.3, -0.25) is 0 Å². The van der Waals surface area contributed by atoms with Gasteiger partial charge in [-0.05, 0) is 33.3 Å². The monoisotopic (exact) mass is 239 g/mol. The van der Waals surface area contributed by atoms with Gasteiger partial charge in [0.1, 0.15) is 11.2 Å². The van der Waals surface area contributed by atoms with Crippen molar-refractivity contribution in [2.75, 3.05) is 0 Å². The van der Waals surface area contributed by atoms with E-state index in [4.69, 9.17) is 17.0 Å². The summed E-state index contributed by atoms with van der Waals surface area (Å²) < 4.78 is 4.70. The Balaban J connectivity index is 2.84. The molecule has 0 aliphatic carbocycles. The fraction of sp³-hybridized carbons (Fsp3) is 0.500. The van der Waals surface area contributed by atoms with Crippen LogP contribution in [-0.2, 0) is 12.2 Å². The molecule has 0 aromatic heterocycles. The largest absolute Gasteiger partial charge is 0.468 e. The van der Waals surface area contributed by atoms with Gasteiger partial charge in [-0.1, -0.05) is 30.3 Å². The lowest BCUT2D eigenvalue weighted by atomic mass is 10.1. The van der Waals surface area contributed by atoms with Gasteiger partial charge in [-0.15, -0.1) is 4.74 Å². The van der Waals surface area contributed by atoms with Crippen molar-refractivity contribution in [3.8, 4) is 0 Å². The molecule has 3 heteroatoms. The Labute approximate surface area is 98.9 Å². The fourth-order valence-corrected chi connectivity index (χ4v) is 2.35. The van der Waals surface area contributed by atoms with Gasteiger partial charge >= 0.3 is 0 Å². The zero-order chi connectivity index (χ0) is 11.5. The van der Waals surface area contributed by atoms with Crippen molar-refractivity contribution >= 4 is 19.2 Å².